The van der Waals surface area contributed by atoms with Crippen LogP contribution in [-0.4, -0.2) is 23.5 Å². The van der Waals surface area contributed by atoms with Gasteiger partial charge in [0.25, 0.3) is 0 Å². The van der Waals surface area contributed by atoms with Crippen LogP contribution in [0, 0.1) is 0 Å². The molecule has 1 N–H and O–H groups in total. The zero-order chi connectivity index (χ0) is 13.5. The molecule has 0 saturated heterocycles. The minimum absolute atomic E-state index is 0.538. The minimum atomic E-state index is -0.822. The molecule has 4 nitrogen and oxygen atoms in total. The van der Waals surface area contributed by atoms with E-state index >= 15 is 0 Å². The van der Waals surface area contributed by atoms with Crippen molar-refractivity contribution in [3.05, 3.63) is 0 Å². The predicted molar refractivity (Wildman–Crippen MR) is 68.0 cm³/mol. The highest BCUT2D eigenvalue weighted by molar-refractivity contribution is 5.76. The van der Waals surface area contributed by atoms with Gasteiger partial charge in [0, 0.05) is 0 Å². The summed E-state index contributed by atoms with van der Waals surface area (Å²) >= 11 is 0. The molecule has 0 aliphatic rings. The van der Waals surface area contributed by atoms with Gasteiger partial charge in [-0.3, -0.25) is 0 Å². The van der Waals surface area contributed by atoms with Gasteiger partial charge < -0.3 is 14.8 Å². The first kappa shape index (κ1) is 15.9. The second kappa shape index (κ2) is 6.62. The van der Waals surface area contributed by atoms with Crippen LogP contribution in [0.4, 0.5) is 4.79 Å². The number of rotatable bonds is 6. The number of hydrogen-bond donors (Lipinski definition) is 1. The van der Waals surface area contributed by atoms with Gasteiger partial charge in [-0.1, -0.05) is 26.2 Å². The Morgan fingerprint density at radius 1 is 1.24 bits per heavy atom. The van der Waals surface area contributed by atoms with Crippen LogP contribution < -0.4 is 5.32 Å². The topological polar surface area (TPSA) is 55.4 Å². The molecule has 100 valence electrons. The first-order valence-electron chi connectivity index (χ1n) is 6.20. The highest BCUT2D eigenvalue weighted by atomic mass is 16.6. The van der Waals surface area contributed by atoms with E-state index in [4.69, 9.17) is 4.74 Å². The van der Waals surface area contributed by atoms with Gasteiger partial charge in [-0.05, 0) is 34.1 Å². The maximum atomic E-state index is 11.6. The molecule has 4 heteroatoms. The van der Waals surface area contributed by atoms with Crippen molar-refractivity contribution in [1.29, 1.82) is 0 Å². The van der Waals surface area contributed by atoms with Gasteiger partial charge in [0.05, 0.1) is 5.54 Å². The fourth-order valence-electron chi connectivity index (χ4n) is 1.43. The van der Waals surface area contributed by atoms with Crippen molar-refractivity contribution in [3.63, 3.8) is 0 Å². The highest BCUT2D eigenvalue weighted by Gasteiger charge is 2.27. The van der Waals surface area contributed by atoms with Crippen LogP contribution in [0.3, 0.4) is 0 Å². The summed E-state index contributed by atoms with van der Waals surface area (Å²) in [6, 6.07) is 0. The zero-order valence-corrected chi connectivity index (χ0v) is 11.6. The number of amides is 1. The molecular weight excluding hydrogens is 218 g/mol. The van der Waals surface area contributed by atoms with Crippen molar-refractivity contribution in [1.82, 2.24) is 5.32 Å². The number of unbranched alkanes of at least 4 members (excludes halogenated alkanes) is 2. The third kappa shape index (κ3) is 7.77. The summed E-state index contributed by atoms with van der Waals surface area (Å²) in [6.07, 6.45) is 3.95. The third-order valence-corrected chi connectivity index (χ3v) is 2.35. The van der Waals surface area contributed by atoms with E-state index in [1.165, 1.54) is 0 Å². The maximum absolute atomic E-state index is 11.6. The first-order valence-corrected chi connectivity index (χ1v) is 6.20. The minimum Gasteiger partial charge on any atom is -0.444 e. The zero-order valence-electron chi connectivity index (χ0n) is 11.6. The molecule has 0 bridgehead atoms. The van der Waals surface area contributed by atoms with Crippen molar-refractivity contribution < 1.29 is 14.3 Å². The van der Waals surface area contributed by atoms with E-state index in [0.717, 1.165) is 25.5 Å². The molecule has 17 heavy (non-hydrogen) atoms. The van der Waals surface area contributed by atoms with Crippen LogP contribution in [0.1, 0.15) is 60.3 Å². The number of carbonyl (C=O) groups is 2. The van der Waals surface area contributed by atoms with Crippen molar-refractivity contribution in [2.24, 2.45) is 0 Å². The Morgan fingerprint density at radius 2 is 1.82 bits per heavy atom. The Kier molecular flexibility index (Phi) is 6.21. The Morgan fingerprint density at radius 3 is 2.24 bits per heavy atom. The average molecular weight is 243 g/mol. The molecule has 1 amide bonds. The summed E-state index contributed by atoms with van der Waals surface area (Å²) in [5.41, 5.74) is -1.37. The fourth-order valence-corrected chi connectivity index (χ4v) is 1.43. The van der Waals surface area contributed by atoms with E-state index in [1.54, 1.807) is 27.7 Å². The van der Waals surface area contributed by atoms with E-state index in [9.17, 15) is 9.59 Å². The number of hydrogen-bond acceptors (Lipinski definition) is 3. The lowest BCUT2D eigenvalue weighted by Gasteiger charge is -2.27. The number of ether oxygens (including phenoxy) is 1. The molecule has 0 aromatic rings. The highest BCUT2D eigenvalue weighted by Crippen LogP contribution is 2.14. The quantitative estimate of drug-likeness (QED) is 0.576. The van der Waals surface area contributed by atoms with Gasteiger partial charge >= 0.3 is 6.09 Å². The number of carbonyl (C=O) groups excluding carboxylic acids is 2. The summed E-state index contributed by atoms with van der Waals surface area (Å²) in [6.45, 7) is 9.20. The maximum Gasteiger partial charge on any atom is 0.408 e. The molecule has 0 rings (SSSR count). The Balaban J connectivity index is 4.27. The van der Waals surface area contributed by atoms with E-state index in [0.29, 0.717) is 6.42 Å². The molecule has 0 radical (unpaired) electrons. The van der Waals surface area contributed by atoms with E-state index < -0.39 is 17.2 Å². The molecule has 0 aromatic carbocycles. The van der Waals surface area contributed by atoms with Crippen LogP contribution in [0.25, 0.3) is 0 Å². The molecule has 0 heterocycles. The lowest BCUT2D eigenvalue weighted by Crippen LogP contribution is -2.49. The Bertz CT molecular complexity index is 258. The molecule has 0 aliphatic carbocycles. The predicted octanol–water partition coefficient (Wildman–Crippen LogP) is 3.05. The van der Waals surface area contributed by atoms with Gasteiger partial charge in [-0.15, -0.1) is 0 Å². The van der Waals surface area contributed by atoms with E-state index in [2.05, 4.69) is 12.2 Å². The molecule has 0 fully saturated rings. The second-order valence-corrected chi connectivity index (χ2v) is 5.62. The van der Waals surface area contributed by atoms with E-state index in [1.807, 2.05) is 0 Å². The number of aldehydes is 1. The Hall–Kier alpha value is -1.06. The summed E-state index contributed by atoms with van der Waals surface area (Å²) in [4.78, 5) is 22.6. The van der Waals surface area contributed by atoms with Crippen molar-refractivity contribution in [2.75, 3.05) is 0 Å². The normalized spacial score (nSPS) is 14.9. The molecule has 1 atom stereocenters. The Labute approximate surface area is 104 Å². The lowest BCUT2D eigenvalue weighted by molar-refractivity contribution is -0.113. The first-order chi connectivity index (χ1) is 7.72. The van der Waals surface area contributed by atoms with Gasteiger partial charge in [0.1, 0.15) is 11.9 Å². The van der Waals surface area contributed by atoms with Gasteiger partial charge in [-0.25, -0.2) is 4.79 Å². The lowest BCUT2D eigenvalue weighted by atomic mass is 9.96. The van der Waals surface area contributed by atoms with Crippen LogP contribution in [-0.2, 0) is 9.53 Å². The van der Waals surface area contributed by atoms with Crippen molar-refractivity contribution >= 4 is 12.4 Å². The van der Waals surface area contributed by atoms with Gasteiger partial charge in [-0.2, -0.15) is 0 Å². The van der Waals surface area contributed by atoms with E-state index in [-0.39, 0.29) is 0 Å². The van der Waals surface area contributed by atoms with Crippen LogP contribution in [0.5, 0.6) is 0 Å². The largest absolute Gasteiger partial charge is 0.444 e. The summed E-state index contributed by atoms with van der Waals surface area (Å²) in [7, 11) is 0. The molecule has 0 aromatic heterocycles. The molecule has 0 unspecified atom stereocenters. The van der Waals surface area contributed by atoms with Crippen LogP contribution >= 0.6 is 0 Å². The second-order valence-electron chi connectivity index (χ2n) is 5.62. The van der Waals surface area contributed by atoms with Gasteiger partial charge in [0.2, 0.25) is 0 Å². The summed E-state index contributed by atoms with van der Waals surface area (Å²) < 4.78 is 5.13. The molecular formula is C13H25NO3. The van der Waals surface area contributed by atoms with Crippen LogP contribution in [0.15, 0.2) is 0 Å². The van der Waals surface area contributed by atoms with Gasteiger partial charge in [0.15, 0.2) is 0 Å². The number of alkyl carbamates (subject to hydrolysis) is 1. The SMILES string of the molecule is CCCCC[C@](C)(C=O)NC(=O)OC(C)(C)C. The van der Waals surface area contributed by atoms with Crippen molar-refractivity contribution in [3.8, 4) is 0 Å². The fraction of sp³-hybridized carbons (Fsp3) is 0.846. The van der Waals surface area contributed by atoms with Crippen molar-refractivity contribution in [2.45, 2.75) is 71.4 Å². The third-order valence-electron chi connectivity index (χ3n) is 2.35. The van der Waals surface area contributed by atoms with Crippen LogP contribution in [0.2, 0.25) is 0 Å². The number of nitrogens with one attached hydrogen (secondary N) is 1. The monoisotopic (exact) mass is 243 g/mol. The molecule has 0 saturated carbocycles. The smallest absolute Gasteiger partial charge is 0.408 e. The summed E-state index contributed by atoms with van der Waals surface area (Å²) in [5, 5.41) is 2.63. The molecule has 0 aliphatic heterocycles. The molecule has 0 spiro atoms. The summed E-state index contributed by atoms with van der Waals surface area (Å²) in [5.74, 6) is 0. The average Bonchev–Trinajstić information content (AvgIpc) is 2.15. The standard InChI is InChI=1S/C13H25NO3/c1-6-7-8-9-13(5,10-15)14-11(16)17-12(2,3)4/h10H,6-9H2,1-5H3,(H,14,16)/t13-/m1/s1.